The van der Waals surface area contributed by atoms with Gasteiger partial charge in [-0.1, -0.05) is 54.6 Å². The molecule has 0 aliphatic carbocycles. The highest BCUT2D eigenvalue weighted by molar-refractivity contribution is 7.11. The van der Waals surface area contributed by atoms with E-state index in [0.29, 0.717) is 34.3 Å². The van der Waals surface area contributed by atoms with E-state index < -0.39 is 0 Å². The third kappa shape index (κ3) is 4.63. The molecule has 0 radical (unpaired) electrons. The monoisotopic (exact) mass is 476 g/mol. The number of aromatic nitrogens is 1. The zero-order valence-corrected chi connectivity index (χ0v) is 19.7. The number of nitriles is 1. The summed E-state index contributed by atoms with van der Waals surface area (Å²) in [5.41, 5.74) is 3.61. The SMILES string of the molecule is CCOC(=O)c1ccc(-c2ccc(C=C(C#N)c3nc(-c4cccc5ccccc45)cs3)o2)cc1. The van der Waals surface area contributed by atoms with Crippen molar-refractivity contribution in [1.29, 1.82) is 5.26 Å². The molecule has 5 nitrogen and oxygen atoms in total. The largest absolute Gasteiger partial charge is 0.462 e. The minimum Gasteiger partial charge on any atom is -0.462 e. The molecule has 5 rings (SSSR count). The highest BCUT2D eigenvalue weighted by Crippen LogP contribution is 2.32. The number of thiazole rings is 1. The van der Waals surface area contributed by atoms with Crippen molar-refractivity contribution in [3.63, 3.8) is 0 Å². The summed E-state index contributed by atoms with van der Waals surface area (Å²) in [7, 11) is 0. The fourth-order valence-electron chi connectivity index (χ4n) is 3.82. The maximum atomic E-state index is 11.9. The zero-order chi connectivity index (χ0) is 24.2. The molecule has 0 N–H and O–H groups in total. The number of fused-ring (bicyclic) bond motifs is 1. The molecule has 2 heterocycles. The molecule has 0 saturated carbocycles. The fourth-order valence-corrected chi connectivity index (χ4v) is 4.61. The first-order valence-electron chi connectivity index (χ1n) is 11.1. The van der Waals surface area contributed by atoms with E-state index in [4.69, 9.17) is 14.1 Å². The molecule has 0 atom stereocenters. The van der Waals surface area contributed by atoms with Crippen LogP contribution in [0.3, 0.4) is 0 Å². The number of esters is 1. The molecule has 0 saturated heterocycles. The Balaban J connectivity index is 1.40. The molecule has 6 heteroatoms. The Morgan fingerprint density at radius 3 is 2.66 bits per heavy atom. The lowest BCUT2D eigenvalue weighted by Crippen LogP contribution is -2.03. The molecule has 0 fully saturated rings. The van der Waals surface area contributed by atoms with E-state index in [9.17, 15) is 10.1 Å². The van der Waals surface area contributed by atoms with E-state index in [0.717, 1.165) is 27.6 Å². The van der Waals surface area contributed by atoms with Crippen LogP contribution >= 0.6 is 11.3 Å². The van der Waals surface area contributed by atoms with Crippen LogP contribution in [0, 0.1) is 11.3 Å². The van der Waals surface area contributed by atoms with Gasteiger partial charge in [-0.15, -0.1) is 11.3 Å². The summed E-state index contributed by atoms with van der Waals surface area (Å²) in [6.07, 6.45) is 1.70. The van der Waals surface area contributed by atoms with E-state index in [1.54, 1.807) is 37.3 Å². The first-order valence-corrected chi connectivity index (χ1v) is 12.0. The van der Waals surface area contributed by atoms with Crippen LogP contribution in [0.15, 0.2) is 88.7 Å². The van der Waals surface area contributed by atoms with Crippen molar-refractivity contribution in [2.75, 3.05) is 6.61 Å². The minimum atomic E-state index is -0.355. The van der Waals surface area contributed by atoms with Crippen molar-refractivity contribution < 1.29 is 13.9 Å². The molecule has 2 aromatic heterocycles. The molecule has 170 valence electrons. The molecule has 0 aliphatic rings. The van der Waals surface area contributed by atoms with Gasteiger partial charge in [0.05, 0.1) is 23.4 Å². The first-order chi connectivity index (χ1) is 17.2. The Labute approximate surface area is 206 Å². The molecule has 0 bridgehead atoms. The lowest BCUT2D eigenvalue weighted by Gasteiger charge is -2.03. The highest BCUT2D eigenvalue weighted by Gasteiger charge is 2.13. The van der Waals surface area contributed by atoms with Gasteiger partial charge in [-0.2, -0.15) is 5.26 Å². The number of carbonyl (C=O) groups excluding carboxylic acids is 1. The van der Waals surface area contributed by atoms with E-state index in [1.165, 1.54) is 11.3 Å². The summed E-state index contributed by atoms with van der Waals surface area (Å²) < 4.78 is 11.0. The van der Waals surface area contributed by atoms with Crippen molar-refractivity contribution in [2.24, 2.45) is 0 Å². The lowest BCUT2D eigenvalue weighted by molar-refractivity contribution is 0.0526. The lowest BCUT2D eigenvalue weighted by atomic mass is 10.0. The van der Waals surface area contributed by atoms with E-state index in [1.807, 2.05) is 41.8 Å². The molecule has 5 aromatic rings. The second-order valence-electron chi connectivity index (χ2n) is 7.73. The molecular formula is C29H20N2O3S. The number of nitrogens with zero attached hydrogens (tertiary/aromatic N) is 2. The number of allylic oxidation sites excluding steroid dienone is 1. The molecule has 0 spiro atoms. The molecule has 0 amide bonds. The van der Waals surface area contributed by atoms with Gasteiger partial charge in [-0.25, -0.2) is 9.78 Å². The molecule has 0 unspecified atom stereocenters. The van der Waals surface area contributed by atoms with Crippen LogP contribution in [-0.4, -0.2) is 17.6 Å². The number of hydrogen-bond donors (Lipinski definition) is 0. The number of benzene rings is 3. The van der Waals surface area contributed by atoms with Gasteiger partial charge in [0.2, 0.25) is 0 Å². The predicted octanol–water partition coefficient (Wildman–Crippen LogP) is 7.46. The Bertz CT molecular complexity index is 1580. The van der Waals surface area contributed by atoms with Crippen molar-refractivity contribution in [3.05, 3.63) is 101 Å². The maximum absolute atomic E-state index is 11.9. The van der Waals surface area contributed by atoms with Crippen LogP contribution < -0.4 is 0 Å². The number of carbonyl (C=O) groups is 1. The molecular weight excluding hydrogens is 456 g/mol. The number of furan rings is 1. The van der Waals surface area contributed by atoms with Gasteiger partial charge in [-0.3, -0.25) is 0 Å². The average Bonchev–Trinajstić information content (AvgIpc) is 3.57. The third-order valence-corrected chi connectivity index (χ3v) is 6.39. The first kappa shape index (κ1) is 22.3. The van der Waals surface area contributed by atoms with Gasteiger partial charge in [0, 0.05) is 22.6 Å². The van der Waals surface area contributed by atoms with Crippen LogP contribution in [-0.2, 0) is 4.74 Å². The van der Waals surface area contributed by atoms with Gasteiger partial charge in [0.25, 0.3) is 0 Å². The number of ether oxygens (including phenoxy) is 1. The van der Waals surface area contributed by atoms with Crippen molar-refractivity contribution in [1.82, 2.24) is 4.98 Å². The third-order valence-electron chi connectivity index (χ3n) is 5.51. The summed E-state index contributed by atoms with van der Waals surface area (Å²) in [6, 6.07) is 27.2. The summed E-state index contributed by atoms with van der Waals surface area (Å²) in [5, 5.41) is 14.7. The van der Waals surface area contributed by atoms with Crippen LogP contribution in [0.1, 0.15) is 28.0 Å². The van der Waals surface area contributed by atoms with E-state index >= 15 is 0 Å². The van der Waals surface area contributed by atoms with Crippen molar-refractivity contribution in [3.8, 4) is 28.7 Å². The minimum absolute atomic E-state index is 0.332. The van der Waals surface area contributed by atoms with E-state index in [2.05, 4.69) is 24.3 Å². The van der Waals surface area contributed by atoms with Crippen molar-refractivity contribution >= 4 is 39.7 Å². The van der Waals surface area contributed by atoms with Crippen LogP contribution in [0.4, 0.5) is 0 Å². The molecule has 0 aliphatic heterocycles. The summed E-state index contributed by atoms with van der Waals surface area (Å²) in [4.78, 5) is 16.6. The summed E-state index contributed by atoms with van der Waals surface area (Å²) in [5.74, 6) is 0.833. The number of rotatable bonds is 6. The maximum Gasteiger partial charge on any atom is 0.338 e. The summed E-state index contributed by atoms with van der Waals surface area (Å²) >= 11 is 1.43. The highest BCUT2D eigenvalue weighted by atomic mass is 32.1. The second-order valence-corrected chi connectivity index (χ2v) is 8.59. The van der Waals surface area contributed by atoms with Gasteiger partial charge in [-0.05, 0) is 42.0 Å². The predicted molar refractivity (Wildman–Crippen MR) is 139 cm³/mol. The quantitative estimate of drug-likeness (QED) is 0.188. The van der Waals surface area contributed by atoms with Crippen molar-refractivity contribution in [2.45, 2.75) is 6.92 Å². The van der Waals surface area contributed by atoms with Gasteiger partial charge < -0.3 is 9.15 Å². The van der Waals surface area contributed by atoms with Gasteiger partial charge >= 0.3 is 5.97 Å². The molecule has 3 aromatic carbocycles. The Morgan fingerprint density at radius 1 is 1.06 bits per heavy atom. The van der Waals surface area contributed by atoms with Crippen LogP contribution in [0.2, 0.25) is 0 Å². The van der Waals surface area contributed by atoms with E-state index in [-0.39, 0.29) is 5.97 Å². The summed E-state index contributed by atoms with van der Waals surface area (Å²) in [6.45, 7) is 2.11. The standard InChI is InChI=1S/C29H20N2O3S/c1-2-33-29(32)21-12-10-20(11-13-21)27-15-14-23(34-27)16-22(17-30)28-31-26(18-35-28)25-9-5-7-19-6-3-4-8-24(19)25/h3-16,18H,2H2,1H3. The average molecular weight is 477 g/mol. The zero-order valence-electron chi connectivity index (χ0n) is 18.9. The Hall–Kier alpha value is -4.47. The normalized spacial score (nSPS) is 11.4. The smallest absolute Gasteiger partial charge is 0.338 e. The number of hydrogen-bond acceptors (Lipinski definition) is 6. The Morgan fingerprint density at radius 2 is 1.86 bits per heavy atom. The molecule has 35 heavy (non-hydrogen) atoms. The van der Waals surface area contributed by atoms with Crippen LogP contribution in [0.5, 0.6) is 0 Å². The topological polar surface area (TPSA) is 76.1 Å². The fraction of sp³-hybridized carbons (Fsp3) is 0.0690. The van der Waals surface area contributed by atoms with Crippen LogP contribution in [0.25, 0.3) is 45.0 Å². The van der Waals surface area contributed by atoms with Gasteiger partial charge in [0.1, 0.15) is 22.6 Å². The second kappa shape index (κ2) is 9.80. The van der Waals surface area contributed by atoms with Gasteiger partial charge in [0.15, 0.2) is 0 Å². The Kier molecular flexibility index (Phi) is 6.25.